The van der Waals surface area contributed by atoms with E-state index in [4.69, 9.17) is 4.74 Å². The number of rotatable bonds is 6. The summed E-state index contributed by atoms with van der Waals surface area (Å²) in [6.45, 7) is 3.58. The highest BCUT2D eigenvalue weighted by Gasteiger charge is 2.00. The van der Waals surface area contributed by atoms with Crippen LogP contribution in [0.2, 0.25) is 0 Å². The van der Waals surface area contributed by atoms with Gasteiger partial charge in [-0.25, -0.2) is 9.97 Å². The molecular formula is C12H15N3OS. The van der Waals surface area contributed by atoms with Crippen molar-refractivity contribution in [2.24, 2.45) is 0 Å². The molecule has 0 aliphatic carbocycles. The van der Waals surface area contributed by atoms with Crippen LogP contribution in [0.25, 0.3) is 0 Å². The van der Waals surface area contributed by atoms with E-state index in [0.29, 0.717) is 12.5 Å². The summed E-state index contributed by atoms with van der Waals surface area (Å²) in [5, 5.41) is 5.23. The van der Waals surface area contributed by atoms with Gasteiger partial charge in [0.25, 0.3) is 0 Å². The molecule has 1 N–H and O–H groups in total. The maximum atomic E-state index is 5.59. The first-order chi connectivity index (χ1) is 8.38. The summed E-state index contributed by atoms with van der Waals surface area (Å²) < 4.78 is 5.59. The van der Waals surface area contributed by atoms with Crippen molar-refractivity contribution in [3.8, 4) is 5.88 Å². The zero-order valence-corrected chi connectivity index (χ0v) is 10.5. The predicted molar refractivity (Wildman–Crippen MR) is 69.5 cm³/mol. The fourth-order valence-corrected chi connectivity index (χ4v) is 1.92. The monoisotopic (exact) mass is 249 g/mol. The lowest BCUT2D eigenvalue weighted by molar-refractivity contribution is 0.297. The lowest BCUT2D eigenvalue weighted by atomic mass is 10.4. The van der Waals surface area contributed by atoms with Crippen LogP contribution in [0.1, 0.15) is 18.2 Å². The molecule has 0 spiro atoms. The summed E-state index contributed by atoms with van der Waals surface area (Å²) in [5.41, 5.74) is 0. The van der Waals surface area contributed by atoms with Crippen LogP contribution < -0.4 is 10.1 Å². The van der Waals surface area contributed by atoms with E-state index in [0.717, 1.165) is 18.8 Å². The van der Waals surface area contributed by atoms with E-state index in [2.05, 4.69) is 22.2 Å². The van der Waals surface area contributed by atoms with E-state index in [1.54, 1.807) is 11.3 Å². The highest BCUT2D eigenvalue weighted by atomic mass is 32.1. The third-order valence-electron chi connectivity index (χ3n) is 2.14. The Morgan fingerprint density at radius 1 is 1.41 bits per heavy atom. The maximum absolute atomic E-state index is 5.59. The minimum absolute atomic E-state index is 0.557. The van der Waals surface area contributed by atoms with Crippen molar-refractivity contribution in [3.05, 3.63) is 34.8 Å². The second-order valence-electron chi connectivity index (χ2n) is 3.54. The molecule has 0 saturated heterocycles. The molecule has 90 valence electrons. The van der Waals surface area contributed by atoms with E-state index < -0.39 is 0 Å². The molecule has 0 aliphatic heterocycles. The van der Waals surface area contributed by atoms with E-state index in [1.807, 2.05) is 23.6 Å². The summed E-state index contributed by atoms with van der Waals surface area (Å²) in [5.74, 6) is 1.41. The molecule has 2 aromatic rings. The molecule has 0 radical (unpaired) electrons. The summed E-state index contributed by atoms with van der Waals surface area (Å²) >= 11 is 1.68. The number of hydrogen-bond acceptors (Lipinski definition) is 5. The first-order valence-corrected chi connectivity index (χ1v) is 6.47. The van der Waals surface area contributed by atoms with Crippen molar-refractivity contribution in [1.82, 2.24) is 9.97 Å². The van der Waals surface area contributed by atoms with Gasteiger partial charge in [0, 0.05) is 17.5 Å². The molecule has 0 aromatic carbocycles. The van der Waals surface area contributed by atoms with Gasteiger partial charge in [-0.1, -0.05) is 13.0 Å². The molecule has 0 fully saturated rings. The van der Waals surface area contributed by atoms with Crippen LogP contribution in [0.3, 0.4) is 0 Å². The Kier molecular flexibility index (Phi) is 4.32. The number of nitrogens with one attached hydrogen (secondary N) is 1. The second kappa shape index (κ2) is 6.20. The van der Waals surface area contributed by atoms with Crippen LogP contribution in [0.4, 0.5) is 5.82 Å². The molecular weight excluding hydrogens is 234 g/mol. The fraction of sp³-hybridized carbons (Fsp3) is 0.333. The molecule has 0 amide bonds. The summed E-state index contributed by atoms with van der Waals surface area (Å²) in [6, 6.07) is 5.88. The van der Waals surface area contributed by atoms with Crippen molar-refractivity contribution in [3.63, 3.8) is 0 Å². The van der Waals surface area contributed by atoms with Gasteiger partial charge in [-0.15, -0.1) is 11.3 Å². The molecule has 5 heteroatoms. The van der Waals surface area contributed by atoms with Crippen LogP contribution >= 0.6 is 11.3 Å². The summed E-state index contributed by atoms with van der Waals surface area (Å²) in [4.78, 5) is 9.39. The van der Waals surface area contributed by atoms with Crippen LogP contribution in [-0.4, -0.2) is 16.5 Å². The first kappa shape index (κ1) is 11.9. The second-order valence-corrected chi connectivity index (χ2v) is 4.57. The van der Waals surface area contributed by atoms with Gasteiger partial charge in [-0.3, -0.25) is 0 Å². The van der Waals surface area contributed by atoms with E-state index in [-0.39, 0.29) is 0 Å². The minimum Gasteiger partial charge on any atom is -0.472 e. The Hall–Kier alpha value is -1.62. The van der Waals surface area contributed by atoms with Gasteiger partial charge in [0.1, 0.15) is 18.8 Å². The Labute approximate surface area is 105 Å². The molecule has 2 aromatic heterocycles. The smallest absolute Gasteiger partial charge is 0.218 e. The molecule has 4 nitrogen and oxygen atoms in total. The van der Waals surface area contributed by atoms with Crippen molar-refractivity contribution < 1.29 is 4.74 Å². The average Bonchev–Trinajstić information content (AvgIpc) is 2.87. The SMILES string of the molecule is CCCNc1cc(OCc2cccs2)ncn1. The highest BCUT2D eigenvalue weighted by Crippen LogP contribution is 2.15. The molecule has 2 heterocycles. The number of nitrogens with zero attached hydrogens (tertiary/aromatic N) is 2. The largest absolute Gasteiger partial charge is 0.472 e. The molecule has 0 atom stereocenters. The topological polar surface area (TPSA) is 47.0 Å². The van der Waals surface area contributed by atoms with Gasteiger partial charge in [0.05, 0.1) is 0 Å². The first-order valence-electron chi connectivity index (χ1n) is 5.59. The molecule has 2 rings (SSSR count). The van der Waals surface area contributed by atoms with Crippen molar-refractivity contribution >= 4 is 17.2 Å². The van der Waals surface area contributed by atoms with Crippen LogP contribution in [-0.2, 0) is 6.61 Å². The van der Waals surface area contributed by atoms with Crippen LogP contribution in [0.15, 0.2) is 29.9 Å². The Morgan fingerprint density at radius 2 is 2.35 bits per heavy atom. The highest BCUT2D eigenvalue weighted by molar-refractivity contribution is 7.09. The standard InChI is InChI=1S/C12H15N3OS/c1-2-5-13-11-7-12(15-9-14-11)16-8-10-4-3-6-17-10/h3-4,6-7,9H,2,5,8H2,1H3,(H,13,14,15). The Balaban J connectivity index is 1.91. The van der Waals surface area contributed by atoms with Gasteiger partial charge < -0.3 is 10.1 Å². The van der Waals surface area contributed by atoms with Gasteiger partial charge >= 0.3 is 0 Å². The zero-order chi connectivity index (χ0) is 11.9. The number of anilines is 1. The molecule has 0 saturated carbocycles. The third-order valence-corrected chi connectivity index (χ3v) is 2.99. The summed E-state index contributed by atoms with van der Waals surface area (Å²) in [6.07, 6.45) is 2.58. The number of hydrogen-bond donors (Lipinski definition) is 1. The quantitative estimate of drug-likeness (QED) is 0.855. The minimum atomic E-state index is 0.557. The normalized spacial score (nSPS) is 10.2. The predicted octanol–water partition coefficient (Wildman–Crippen LogP) is 2.94. The van der Waals surface area contributed by atoms with E-state index in [9.17, 15) is 0 Å². The number of thiophene rings is 1. The number of ether oxygens (including phenoxy) is 1. The summed E-state index contributed by atoms with van der Waals surface area (Å²) in [7, 11) is 0. The van der Waals surface area contributed by atoms with Crippen molar-refractivity contribution in [2.75, 3.05) is 11.9 Å². The Bertz CT molecular complexity index is 445. The number of aromatic nitrogens is 2. The lowest BCUT2D eigenvalue weighted by Crippen LogP contribution is -2.03. The van der Waals surface area contributed by atoms with Gasteiger partial charge in [-0.05, 0) is 17.9 Å². The Morgan fingerprint density at radius 3 is 3.12 bits per heavy atom. The van der Waals surface area contributed by atoms with E-state index in [1.165, 1.54) is 11.2 Å². The van der Waals surface area contributed by atoms with Crippen LogP contribution in [0.5, 0.6) is 5.88 Å². The molecule has 0 bridgehead atoms. The average molecular weight is 249 g/mol. The van der Waals surface area contributed by atoms with Crippen molar-refractivity contribution in [2.45, 2.75) is 20.0 Å². The molecule has 0 unspecified atom stereocenters. The van der Waals surface area contributed by atoms with Gasteiger partial charge in [0.2, 0.25) is 5.88 Å². The van der Waals surface area contributed by atoms with E-state index >= 15 is 0 Å². The van der Waals surface area contributed by atoms with Crippen LogP contribution in [0, 0.1) is 0 Å². The maximum Gasteiger partial charge on any atom is 0.218 e. The zero-order valence-electron chi connectivity index (χ0n) is 9.72. The lowest BCUT2D eigenvalue weighted by Gasteiger charge is -2.06. The van der Waals surface area contributed by atoms with Gasteiger partial charge in [0.15, 0.2) is 0 Å². The molecule has 0 aliphatic rings. The third kappa shape index (κ3) is 3.71. The molecule has 17 heavy (non-hydrogen) atoms. The fourth-order valence-electron chi connectivity index (χ4n) is 1.31. The van der Waals surface area contributed by atoms with Crippen molar-refractivity contribution in [1.29, 1.82) is 0 Å². The van der Waals surface area contributed by atoms with Gasteiger partial charge in [-0.2, -0.15) is 0 Å².